The molecule has 0 unspecified atom stereocenters. The van der Waals surface area contributed by atoms with Crippen molar-refractivity contribution in [1.29, 1.82) is 0 Å². The summed E-state index contributed by atoms with van der Waals surface area (Å²) in [7, 11) is 0. The van der Waals surface area contributed by atoms with Crippen LogP contribution in [-0.2, 0) is 0 Å². The zero-order valence-electron chi connectivity index (χ0n) is 18.8. The van der Waals surface area contributed by atoms with Gasteiger partial charge in [0.15, 0.2) is 5.82 Å². The Morgan fingerprint density at radius 2 is 1.06 bits per heavy atom. The highest BCUT2D eigenvalue weighted by atomic mass is 32.1. The Hall–Kier alpha value is -4.34. The van der Waals surface area contributed by atoms with E-state index in [0.717, 1.165) is 33.5 Å². The Kier molecular flexibility index (Phi) is 4.68. The number of fused-ring (bicyclic) bond motifs is 4. The molecule has 5 aromatic carbocycles. The number of hydrogen-bond donors (Lipinski definition) is 0. The molecule has 2 nitrogen and oxygen atoms in total. The molecule has 3 heteroatoms. The van der Waals surface area contributed by atoms with Crippen molar-refractivity contribution in [3.8, 4) is 33.8 Å². The fourth-order valence-electron chi connectivity index (χ4n) is 4.75. The van der Waals surface area contributed by atoms with Crippen molar-refractivity contribution in [2.75, 3.05) is 0 Å². The van der Waals surface area contributed by atoms with Crippen LogP contribution in [0.2, 0.25) is 0 Å². The van der Waals surface area contributed by atoms with Crippen LogP contribution in [0.25, 0.3) is 64.8 Å². The van der Waals surface area contributed by atoms with Gasteiger partial charge < -0.3 is 0 Å². The summed E-state index contributed by atoms with van der Waals surface area (Å²) in [6, 6.07) is 42.5. The molecule has 0 aliphatic heterocycles. The first-order valence-electron chi connectivity index (χ1n) is 11.7. The third kappa shape index (κ3) is 3.49. The Morgan fingerprint density at radius 1 is 0.429 bits per heavy atom. The molecule has 0 atom stereocenters. The lowest BCUT2D eigenvalue weighted by molar-refractivity contribution is 1.23. The summed E-state index contributed by atoms with van der Waals surface area (Å²) < 4.78 is 2.64. The van der Waals surface area contributed by atoms with Gasteiger partial charge in [-0.1, -0.05) is 91.0 Å². The molecule has 0 bridgehead atoms. The molecule has 0 fully saturated rings. The summed E-state index contributed by atoms with van der Waals surface area (Å²) in [5.74, 6) is 0.746. The molecule has 2 heterocycles. The average Bonchev–Trinajstić information content (AvgIpc) is 3.31. The van der Waals surface area contributed by atoms with E-state index in [1.54, 1.807) is 0 Å². The summed E-state index contributed by atoms with van der Waals surface area (Å²) >= 11 is 1.85. The van der Waals surface area contributed by atoms with Crippen molar-refractivity contribution in [2.45, 2.75) is 0 Å². The van der Waals surface area contributed by atoms with E-state index in [2.05, 4.69) is 97.1 Å². The molecule has 2 aromatic heterocycles. The highest BCUT2D eigenvalue weighted by Crippen LogP contribution is 2.37. The summed E-state index contributed by atoms with van der Waals surface area (Å²) in [5.41, 5.74) is 6.39. The molecule has 7 rings (SSSR count). The fourth-order valence-corrected chi connectivity index (χ4v) is 5.83. The van der Waals surface area contributed by atoms with Gasteiger partial charge in [-0.05, 0) is 41.5 Å². The number of aromatic nitrogens is 2. The van der Waals surface area contributed by atoms with Gasteiger partial charge in [-0.2, -0.15) is 0 Å². The highest BCUT2D eigenvalue weighted by Gasteiger charge is 2.13. The first-order chi connectivity index (χ1) is 17.3. The molecule has 0 N–H and O–H groups in total. The molecule has 0 saturated heterocycles. The van der Waals surface area contributed by atoms with Gasteiger partial charge in [0.25, 0.3) is 0 Å². The molecule has 0 aliphatic rings. The minimum Gasteiger partial charge on any atom is -0.228 e. The number of nitrogens with zero attached hydrogens (tertiary/aromatic N) is 2. The van der Waals surface area contributed by atoms with Gasteiger partial charge in [-0.3, -0.25) is 0 Å². The van der Waals surface area contributed by atoms with E-state index in [9.17, 15) is 0 Å². The molecule has 0 aliphatic carbocycles. The molecule has 0 radical (unpaired) electrons. The van der Waals surface area contributed by atoms with Crippen LogP contribution in [0.5, 0.6) is 0 Å². The van der Waals surface area contributed by atoms with Gasteiger partial charge in [0.2, 0.25) is 0 Å². The second-order valence-electron chi connectivity index (χ2n) is 8.67. The molecule has 0 saturated carbocycles. The summed E-state index contributed by atoms with van der Waals surface area (Å²) in [6.07, 6.45) is 0. The van der Waals surface area contributed by atoms with Gasteiger partial charge in [0.1, 0.15) is 0 Å². The molecule has 35 heavy (non-hydrogen) atoms. The molecule has 0 spiro atoms. The number of rotatable bonds is 3. The number of benzene rings is 5. The Morgan fingerprint density at radius 3 is 1.86 bits per heavy atom. The number of thiophene rings is 1. The second kappa shape index (κ2) is 8.15. The normalized spacial score (nSPS) is 11.4. The van der Waals surface area contributed by atoms with E-state index in [1.165, 1.54) is 31.3 Å². The van der Waals surface area contributed by atoms with Crippen molar-refractivity contribution in [3.05, 3.63) is 121 Å². The van der Waals surface area contributed by atoms with Gasteiger partial charge >= 0.3 is 0 Å². The van der Waals surface area contributed by atoms with E-state index in [4.69, 9.17) is 9.97 Å². The first-order valence-corrected chi connectivity index (χ1v) is 12.5. The van der Waals surface area contributed by atoms with Crippen molar-refractivity contribution >= 4 is 42.4 Å². The average molecular weight is 465 g/mol. The zero-order valence-corrected chi connectivity index (χ0v) is 19.7. The van der Waals surface area contributed by atoms with Crippen LogP contribution in [0.3, 0.4) is 0 Å². The fraction of sp³-hybridized carbons (Fsp3) is 0. The van der Waals surface area contributed by atoms with Crippen LogP contribution < -0.4 is 0 Å². The minimum absolute atomic E-state index is 0.746. The molecule has 7 aromatic rings. The van der Waals surface area contributed by atoms with Crippen molar-refractivity contribution in [3.63, 3.8) is 0 Å². The van der Waals surface area contributed by atoms with E-state index >= 15 is 0 Å². The summed E-state index contributed by atoms with van der Waals surface area (Å²) in [6.45, 7) is 0. The maximum Gasteiger partial charge on any atom is 0.160 e. The zero-order chi connectivity index (χ0) is 23.2. The van der Waals surface area contributed by atoms with Gasteiger partial charge in [0.05, 0.1) is 11.2 Å². The lowest BCUT2D eigenvalue weighted by Crippen LogP contribution is -1.95. The van der Waals surface area contributed by atoms with E-state index in [0.29, 0.717) is 0 Å². The third-order valence-corrected chi connectivity index (χ3v) is 7.64. The van der Waals surface area contributed by atoms with Gasteiger partial charge in [0, 0.05) is 36.7 Å². The molecular formula is C32H20N2S. The lowest BCUT2D eigenvalue weighted by Gasteiger charge is -2.11. The van der Waals surface area contributed by atoms with Crippen molar-refractivity contribution < 1.29 is 0 Å². The SMILES string of the molecule is c1ccc(-c2nc(-c3ccccc3)c3cc(-c4ccc5sc6ccccc6c5c4)ccc3n2)cc1. The minimum atomic E-state index is 0.746. The predicted octanol–water partition coefficient (Wildman–Crippen LogP) is 9.00. The van der Waals surface area contributed by atoms with Crippen LogP contribution in [0.4, 0.5) is 0 Å². The summed E-state index contributed by atoms with van der Waals surface area (Å²) in [4.78, 5) is 9.99. The third-order valence-electron chi connectivity index (χ3n) is 6.48. The van der Waals surface area contributed by atoms with E-state index in [-0.39, 0.29) is 0 Å². The smallest absolute Gasteiger partial charge is 0.160 e. The Balaban J connectivity index is 1.45. The molecule has 0 amide bonds. The molecular weight excluding hydrogens is 444 g/mol. The topological polar surface area (TPSA) is 25.8 Å². The van der Waals surface area contributed by atoms with Crippen LogP contribution in [0.1, 0.15) is 0 Å². The Labute approximate surface area is 207 Å². The van der Waals surface area contributed by atoms with Crippen LogP contribution in [0, 0.1) is 0 Å². The van der Waals surface area contributed by atoms with Crippen LogP contribution in [0.15, 0.2) is 121 Å². The predicted molar refractivity (Wildman–Crippen MR) is 149 cm³/mol. The van der Waals surface area contributed by atoms with Gasteiger partial charge in [-0.25, -0.2) is 9.97 Å². The van der Waals surface area contributed by atoms with Crippen molar-refractivity contribution in [1.82, 2.24) is 9.97 Å². The standard InChI is InChI=1S/C32H20N2S/c1-3-9-21(10-4-1)31-27-20-23(15-17-28(27)33-32(34-31)22-11-5-2-6-12-22)24-16-18-30-26(19-24)25-13-7-8-14-29(25)35-30/h1-20H. The Bertz CT molecular complexity index is 1840. The maximum absolute atomic E-state index is 5.05. The van der Waals surface area contributed by atoms with Crippen LogP contribution >= 0.6 is 11.3 Å². The van der Waals surface area contributed by atoms with Crippen LogP contribution in [-0.4, -0.2) is 9.97 Å². The summed E-state index contributed by atoms with van der Waals surface area (Å²) in [5, 5.41) is 3.68. The van der Waals surface area contributed by atoms with E-state index < -0.39 is 0 Å². The lowest BCUT2D eigenvalue weighted by atomic mass is 9.98. The first kappa shape index (κ1) is 20.1. The monoisotopic (exact) mass is 464 g/mol. The second-order valence-corrected chi connectivity index (χ2v) is 9.75. The van der Waals surface area contributed by atoms with E-state index in [1.807, 2.05) is 35.6 Å². The maximum atomic E-state index is 5.05. The highest BCUT2D eigenvalue weighted by molar-refractivity contribution is 7.25. The quantitative estimate of drug-likeness (QED) is 0.261. The largest absolute Gasteiger partial charge is 0.228 e. The number of hydrogen-bond acceptors (Lipinski definition) is 3. The van der Waals surface area contributed by atoms with Crippen molar-refractivity contribution in [2.24, 2.45) is 0 Å². The van der Waals surface area contributed by atoms with Gasteiger partial charge in [-0.15, -0.1) is 11.3 Å². The molecule has 164 valence electrons.